The molecule has 0 radical (unpaired) electrons. The molecule has 1 saturated heterocycles. The summed E-state index contributed by atoms with van der Waals surface area (Å²) in [5.74, 6) is -1.76. The minimum atomic E-state index is -0.867. The number of rotatable bonds is 3. The van der Waals surface area contributed by atoms with E-state index in [2.05, 4.69) is 15.1 Å². The number of aromatic nitrogens is 3. The van der Waals surface area contributed by atoms with E-state index in [0.29, 0.717) is 18.3 Å². The van der Waals surface area contributed by atoms with Gasteiger partial charge in [0.05, 0.1) is 5.92 Å². The minimum absolute atomic E-state index is 0.00882. The molecule has 1 aliphatic rings. The summed E-state index contributed by atoms with van der Waals surface area (Å²) >= 11 is 0. The van der Waals surface area contributed by atoms with Crippen LogP contribution in [0.15, 0.2) is 47.2 Å². The van der Waals surface area contributed by atoms with Crippen molar-refractivity contribution in [2.24, 2.45) is 5.92 Å². The predicted molar refractivity (Wildman–Crippen MR) is 91.7 cm³/mol. The summed E-state index contributed by atoms with van der Waals surface area (Å²) in [4.78, 5) is 22.4. The van der Waals surface area contributed by atoms with E-state index < -0.39 is 23.1 Å². The summed E-state index contributed by atoms with van der Waals surface area (Å²) in [7, 11) is 0. The van der Waals surface area contributed by atoms with E-state index in [0.717, 1.165) is 17.7 Å². The van der Waals surface area contributed by atoms with Gasteiger partial charge in [-0.1, -0.05) is 18.1 Å². The first-order valence-electron chi connectivity index (χ1n) is 8.52. The standard InChI is InChI=1S/C19H16F2N4O2/c1-11-9-25(19(26)16-14(20)3-2-4-15(16)21)10-13(11)18-23-17(24-27-18)12-5-7-22-8-6-12/h2-8,11,13H,9-10H2,1H3/t11-,13-/m0/s1. The van der Waals surface area contributed by atoms with Gasteiger partial charge < -0.3 is 9.42 Å². The van der Waals surface area contributed by atoms with E-state index in [1.54, 1.807) is 24.5 Å². The average molecular weight is 370 g/mol. The molecule has 1 aliphatic heterocycles. The minimum Gasteiger partial charge on any atom is -0.339 e. The Balaban J connectivity index is 1.55. The molecule has 138 valence electrons. The molecule has 8 heteroatoms. The third kappa shape index (κ3) is 3.18. The smallest absolute Gasteiger partial charge is 0.259 e. The lowest BCUT2D eigenvalue weighted by Gasteiger charge is -2.16. The van der Waals surface area contributed by atoms with Crippen molar-refractivity contribution < 1.29 is 18.1 Å². The van der Waals surface area contributed by atoms with Crippen molar-refractivity contribution in [2.45, 2.75) is 12.8 Å². The fourth-order valence-corrected chi connectivity index (χ4v) is 3.32. The van der Waals surface area contributed by atoms with Crippen LogP contribution in [0.5, 0.6) is 0 Å². The summed E-state index contributed by atoms with van der Waals surface area (Å²) in [6, 6.07) is 6.92. The molecular weight excluding hydrogens is 354 g/mol. The Hall–Kier alpha value is -3.16. The quantitative estimate of drug-likeness (QED) is 0.707. The van der Waals surface area contributed by atoms with E-state index in [9.17, 15) is 13.6 Å². The maximum atomic E-state index is 13.9. The monoisotopic (exact) mass is 370 g/mol. The van der Waals surface area contributed by atoms with Gasteiger partial charge in [-0.3, -0.25) is 9.78 Å². The van der Waals surface area contributed by atoms with E-state index in [1.165, 1.54) is 11.0 Å². The van der Waals surface area contributed by atoms with Crippen LogP contribution in [0.3, 0.4) is 0 Å². The Bertz CT molecular complexity index is 957. The van der Waals surface area contributed by atoms with Gasteiger partial charge in [0.2, 0.25) is 11.7 Å². The van der Waals surface area contributed by atoms with Crippen LogP contribution in [0.25, 0.3) is 11.4 Å². The first kappa shape index (κ1) is 17.3. The highest BCUT2D eigenvalue weighted by Gasteiger charge is 2.38. The number of nitrogens with zero attached hydrogens (tertiary/aromatic N) is 4. The molecule has 0 spiro atoms. The lowest BCUT2D eigenvalue weighted by atomic mass is 9.98. The molecule has 3 heterocycles. The molecule has 2 aromatic heterocycles. The van der Waals surface area contributed by atoms with Crippen molar-refractivity contribution in [1.82, 2.24) is 20.0 Å². The van der Waals surface area contributed by atoms with Crippen LogP contribution in [-0.2, 0) is 0 Å². The van der Waals surface area contributed by atoms with Crippen LogP contribution in [0.1, 0.15) is 29.1 Å². The number of benzene rings is 1. The van der Waals surface area contributed by atoms with Crippen LogP contribution in [-0.4, -0.2) is 39.0 Å². The fourth-order valence-electron chi connectivity index (χ4n) is 3.32. The zero-order valence-corrected chi connectivity index (χ0v) is 14.5. The number of halogens is 2. The van der Waals surface area contributed by atoms with Crippen molar-refractivity contribution in [3.05, 3.63) is 65.8 Å². The van der Waals surface area contributed by atoms with Crippen LogP contribution < -0.4 is 0 Å². The highest BCUT2D eigenvalue weighted by atomic mass is 19.1. The van der Waals surface area contributed by atoms with E-state index >= 15 is 0 Å². The van der Waals surface area contributed by atoms with Gasteiger partial charge in [0.15, 0.2) is 0 Å². The molecule has 0 saturated carbocycles. The number of hydrogen-bond acceptors (Lipinski definition) is 5. The van der Waals surface area contributed by atoms with E-state index in [4.69, 9.17) is 4.52 Å². The summed E-state index contributed by atoms with van der Waals surface area (Å²) in [5.41, 5.74) is 0.236. The zero-order valence-electron chi connectivity index (χ0n) is 14.5. The molecule has 0 aliphatic carbocycles. The number of hydrogen-bond donors (Lipinski definition) is 0. The molecular formula is C19H16F2N4O2. The third-order valence-electron chi connectivity index (χ3n) is 4.77. The molecule has 0 bridgehead atoms. The Morgan fingerprint density at radius 3 is 2.56 bits per heavy atom. The van der Waals surface area contributed by atoms with Crippen LogP contribution in [0.2, 0.25) is 0 Å². The van der Waals surface area contributed by atoms with Gasteiger partial charge in [-0.25, -0.2) is 8.78 Å². The first-order valence-corrected chi connectivity index (χ1v) is 8.52. The lowest BCUT2D eigenvalue weighted by molar-refractivity contribution is 0.0776. The topological polar surface area (TPSA) is 72.1 Å². The molecule has 3 aromatic rings. The highest BCUT2D eigenvalue weighted by molar-refractivity contribution is 5.95. The fraction of sp³-hybridized carbons (Fsp3) is 0.263. The molecule has 0 N–H and O–H groups in total. The molecule has 2 atom stereocenters. The molecule has 1 aromatic carbocycles. The summed E-state index contributed by atoms with van der Waals surface area (Å²) < 4.78 is 33.2. The van der Waals surface area contributed by atoms with Crippen molar-refractivity contribution in [2.75, 3.05) is 13.1 Å². The molecule has 1 fully saturated rings. The normalized spacial score (nSPS) is 19.4. The molecule has 1 amide bonds. The number of carbonyl (C=O) groups is 1. The SMILES string of the molecule is C[C@H]1CN(C(=O)c2c(F)cccc2F)C[C@@H]1c1nc(-c2ccncc2)no1. The van der Waals surface area contributed by atoms with E-state index in [-0.39, 0.29) is 18.4 Å². The number of carbonyl (C=O) groups excluding carboxylic acids is 1. The van der Waals surface area contributed by atoms with Gasteiger partial charge >= 0.3 is 0 Å². The first-order chi connectivity index (χ1) is 13.0. The second-order valence-corrected chi connectivity index (χ2v) is 6.58. The van der Waals surface area contributed by atoms with Gasteiger partial charge in [-0.2, -0.15) is 4.98 Å². The maximum Gasteiger partial charge on any atom is 0.259 e. The summed E-state index contributed by atoms with van der Waals surface area (Å²) in [5, 5.41) is 3.98. The molecule has 6 nitrogen and oxygen atoms in total. The van der Waals surface area contributed by atoms with Crippen molar-refractivity contribution in [3.63, 3.8) is 0 Å². The van der Waals surface area contributed by atoms with Crippen molar-refractivity contribution in [3.8, 4) is 11.4 Å². The number of pyridine rings is 1. The van der Waals surface area contributed by atoms with Gasteiger partial charge in [0.25, 0.3) is 5.91 Å². The Kier molecular flexibility index (Phi) is 4.39. The van der Waals surface area contributed by atoms with Gasteiger partial charge in [-0.15, -0.1) is 0 Å². The second-order valence-electron chi connectivity index (χ2n) is 6.58. The Labute approximate surface area is 153 Å². The third-order valence-corrected chi connectivity index (χ3v) is 4.77. The van der Waals surface area contributed by atoms with Crippen LogP contribution in [0, 0.1) is 17.6 Å². The van der Waals surface area contributed by atoms with Gasteiger partial charge in [0, 0.05) is 31.0 Å². The summed E-state index contributed by atoms with van der Waals surface area (Å²) in [6.07, 6.45) is 3.26. The maximum absolute atomic E-state index is 13.9. The van der Waals surface area contributed by atoms with Gasteiger partial charge in [0.1, 0.15) is 17.2 Å². The molecule has 27 heavy (non-hydrogen) atoms. The highest BCUT2D eigenvalue weighted by Crippen LogP contribution is 2.33. The number of likely N-dealkylation sites (tertiary alicyclic amines) is 1. The zero-order chi connectivity index (χ0) is 19.0. The number of amides is 1. The summed E-state index contributed by atoms with van der Waals surface area (Å²) in [6.45, 7) is 2.54. The predicted octanol–water partition coefficient (Wildman–Crippen LogP) is 3.29. The van der Waals surface area contributed by atoms with Crippen molar-refractivity contribution in [1.29, 1.82) is 0 Å². The van der Waals surface area contributed by atoms with Crippen molar-refractivity contribution >= 4 is 5.91 Å². The second kappa shape index (κ2) is 6.86. The Morgan fingerprint density at radius 1 is 1.15 bits per heavy atom. The molecule has 0 unspecified atom stereocenters. The van der Waals surface area contributed by atoms with Gasteiger partial charge in [-0.05, 0) is 30.2 Å². The largest absolute Gasteiger partial charge is 0.339 e. The van der Waals surface area contributed by atoms with Crippen LogP contribution >= 0.6 is 0 Å². The lowest BCUT2D eigenvalue weighted by Crippen LogP contribution is -2.30. The van der Waals surface area contributed by atoms with Crippen LogP contribution in [0.4, 0.5) is 8.78 Å². The molecule has 4 rings (SSSR count). The Morgan fingerprint density at radius 2 is 1.85 bits per heavy atom. The van der Waals surface area contributed by atoms with E-state index in [1.807, 2.05) is 6.92 Å². The average Bonchev–Trinajstić information content (AvgIpc) is 3.29.